The maximum Gasteiger partial charge on any atom is 0.185 e. The lowest BCUT2D eigenvalue weighted by molar-refractivity contribution is 0.414. The van der Waals surface area contributed by atoms with Crippen molar-refractivity contribution in [2.24, 2.45) is 10.2 Å². The average molecular weight is 452 g/mol. The van der Waals surface area contributed by atoms with Crippen LogP contribution in [0.15, 0.2) is 83.0 Å². The van der Waals surface area contributed by atoms with Crippen molar-refractivity contribution in [2.45, 2.75) is 13.3 Å². The van der Waals surface area contributed by atoms with Gasteiger partial charge in [0, 0.05) is 17.5 Å². The standard InChI is InChI=1S/C27H25N5O2/c1-17-25(19-10-14-22(34-3)15-11-19)26(28)32(31-17)27-23-7-5-4-6-20(23)16-24(29-30-27)18-8-12-21(33-2)13-9-18/h4-15H,16,28H2,1-3H3. The molecule has 1 aromatic heterocycles. The van der Waals surface area contributed by atoms with Gasteiger partial charge in [0.1, 0.15) is 17.3 Å². The van der Waals surface area contributed by atoms with Gasteiger partial charge in [-0.2, -0.15) is 14.9 Å². The smallest absolute Gasteiger partial charge is 0.185 e. The van der Waals surface area contributed by atoms with E-state index in [-0.39, 0.29) is 0 Å². The summed E-state index contributed by atoms with van der Waals surface area (Å²) in [5.74, 6) is 2.70. The van der Waals surface area contributed by atoms with E-state index in [1.54, 1.807) is 18.9 Å². The number of nitrogen functional groups attached to an aromatic ring is 1. The molecule has 0 spiro atoms. The van der Waals surface area contributed by atoms with Crippen molar-refractivity contribution in [3.8, 4) is 22.6 Å². The highest BCUT2D eigenvalue weighted by Gasteiger charge is 2.23. The van der Waals surface area contributed by atoms with E-state index < -0.39 is 0 Å². The molecule has 1 aliphatic rings. The number of hydrogen-bond donors (Lipinski definition) is 1. The highest BCUT2D eigenvalue weighted by Crippen LogP contribution is 2.32. The van der Waals surface area contributed by atoms with Crippen LogP contribution in [0.25, 0.3) is 11.1 Å². The molecule has 0 bridgehead atoms. The third kappa shape index (κ3) is 3.81. The number of fused-ring (bicyclic) bond motifs is 1. The molecule has 0 radical (unpaired) electrons. The molecule has 34 heavy (non-hydrogen) atoms. The Labute approximate surface area is 198 Å². The fraction of sp³-hybridized carbons (Fsp3) is 0.148. The Bertz CT molecular complexity index is 1400. The van der Waals surface area contributed by atoms with Gasteiger partial charge in [0.15, 0.2) is 5.84 Å². The Hall–Kier alpha value is -4.39. The summed E-state index contributed by atoms with van der Waals surface area (Å²) in [6, 6.07) is 23.8. The monoisotopic (exact) mass is 451 g/mol. The molecule has 2 heterocycles. The quantitative estimate of drug-likeness (QED) is 0.487. The molecule has 4 aromatic rings. The van der Waals surface area contributed by atoms with Crippen molar-refractivity contribution in [1.82, 2.24) is 9.78 Å². The number of hydrogen-bond acceptors (Lipinski definition) is 6. The van der Waals surface area contributed by atoms with Crippen LogP contribution in [0.4, 0.5) is 5.82 Å². The predicted octanol–water partition coefficient (Wildman–Crippen LogP) is 4.71. The number of ether oxygens (including phenoxy) is 2. The number of nitrogens with two attached hydrogens (primary N) is 1. The lowest BCUT2D eigenvalue weighted by Crippen LogP contribution is -2.18. The van der Waals surface area contributed by atoms with Crippen LogP contribution in [-0.2, 0) is 6.42 Å². The molecule has 7 heteroatoms. The molecule has 0 saturated carbocycles. The van der Waals surface area contributed by atoms with Crippen LogP contribution in [0.3, 0.4) is 0 Å². The largest absolute Gasteiger partial charge is 0.497 e. The Morgan fingerprint density at radius 3 is 2.06 bits per heavy atom. The second-order valence-electron chi connectivity index (χ2n) is 8.02. The summed E-state index contributed by atoms with van der Waals surface area (Å²) in [4.78, 5) is 0. The fourth-order valence-electron chi connectivity index (χ4n) is 4.19. The summed E-state index contributed by atoms with van der Waals surface area (Å²) in [6.07, 6.45) is 0.640. The van der Waals surface area contributed by atoms with Gasteiger partial charge < -0.3 is 15.2 Å². The molecule has 3 aromatic carbocycles. The third-order valence-electron chi connectivity index (χ3n) is 5.98. The molecule has 1 aliphatic heterocycles. The van der Waals surface area contributed by atoms with E-state index in [1.165, 1.54) is 0 Å². The second kappa shape index (κ2) is 8.86. The Kier molecular flexibility index (Phi) is 5.59. The summed E-state index contributed by atoms with van der Waals surface area (Å²) in [5.41, 5.74) is 13.2. The molecule has 7 nitrogen and oxygen atoms in total. The molecule has 0 unspecified atom stereocenters. The van der Waals surface area contributed by atoms with Gasteiger partial charge >= 0.3 is 0 Å². The van der Waals surface area contributed by atoms with E-state index in [4.69, 9.17) is 20.3 Å². The lowest BCUT2D eigenvalue weighted by Gasteiger charge is -2.11. The summed E-state index contributed by atoms with van der Waals surface area (Å²) in [5, 5.41) is 14.0. The summed E-state index contributed by atoms with van der Waals surface area (Å²) in [7, 11) is 3.30. The van der Waals surface area contributed by atoms with Crippen molar-refractivity contribution in [3.63, 3.8) is 0 Å². The van der Waals surface area contributed by atoms with Crippen molar-refractivity contribution < 1.29 is 9.47 Å². The summed E-state index contributed by atoms with van der Waals surface area (Å²) < 4.78 is 12.3. The van der Waals surface area contributed by atoms with Gasteiger partial charge in [0.05, 0.1) is 25.6 Å². The number of benzene rings is 3. The molecule has 0 atom stereocenters. The van der Waals surface area contributed by atoms with Crippen LogP contribution in [0.5, 0.6) is 11.5 Å². The first-order valence-corrected chi connectivity index (χ1v) is 11.0. The Morgan fingerprint density at radius 1 is 0.794 bits per heavy atom. The number of nitrogens with zero attached hydrogens (tertiary/aromatic N) is 4. The number of anilines is 1. The normalized spacial score (nSPS) is 12.9. The minimum atomic E-state index is 0.513. The average Bonchev–Trinajstić information content (AvgIpc) is 3.05. The van der Waals surface area contributed by atoms with Crippen LogP contribution in [0.2, 0.25) is 0 Å². The van der Waals surface area contributed by atoms with Crippen molar-refractivity contribution in [1.29, 1.82) is 0 Å². The van der Waals surface area contributed by atoms with Gasteiger partial charge in [-0.1, -0.05) is 36.4 Å². The number of rotatable bonds is 4. The molecular weight excluding hydrogens is 426 g/mol. The second-order valence-corrected chi connectivity index (χ2v) is 8.02. The zero-order valence-electron chi connectivity index (χ0n) is 19.3. The summed E-state index contributed by atoms with van der Waals surface area (Å²) >= 11 is 0. The zero-order chi connectivity index (χ0) is 23.7. The van der Waals surface area contributed by atoms with Gasteiger partial charge in [0.2, 0.25) is 0 Å². The first kappa shape index (κ1) is 21.5. The molecule has 0 fully saturated rings. The topological polar surface area (TPSA) is 87.0 Å². The van der Waals surface area contributed by atoms with Gasteiger partial charge in [-0.15, -0.1) is 5.10 Å². The molecule has 0 amide bonds. The third-order valence-corrected chi connectivity index (χ3v) is 5.98. The number of aromatic nitrogens is 2. The van der Waals surface area contributed by atoms with Crippen molar-refractivity contribution >= 4 is 17.4 Å². The number of methoxy groups -OCH3 is 2. The van der Waals surface area contributed by atoms with E-state index in [0.717, 1.165) is 50.7 Å². The molecule has 0 saturated heterocycles. The van der Waals surface area contributed by atoms with E-state index in [1.807, 2.05) is 73.7 Å². The Morgan fingerprint density at radius 2 is 1.41 bits per heavy atom. The van der Waals surface area contributed by atoms with Gasteiger partial charge in [-0.05, 0) is 60.0 Å². The van der Waals surface area contributed by atoms with E-state index in [2.05, 4.69) is 16.3 Å². The highest BCUT2D eigenvalue weighted by atomic mass is 16.5. The maximum absolute atomic E-state index is 6.65. The highest BCUT2D eigenvalue weighted by molar-refractivity contribution is 6.09. The van der Waals surface area contributed by atoms with Gasteiger partial charge in [0.25, 0.3) is 0 Å². The van der Waals surface area contributed by atoms with Crippen molar-refractivity contribution in [3.05, 3.63) is 95.2 Å². The maximum atomic E-state index is 6.65. The molecule has 0 aliphatic carbocycles. The van der Waals surface area contributed by atoms with Crippen molar-refractivity contribution in [2.75, 3.05) is 20.0 Å². The molecule has 170 valence electrons. The van der Waals surface area contributed by atoms with E-state index >= 15 is 0 Å². The van der Waals surface area contributed by atoms with Crippen LogP contribution in [0, 0.1) is 6.92 Å². The minimum absolute atomic E-state index is 0.513. The fourth-order valence-corrected chi connectivity index (χ4v) is 4.19. The first-order valence-electron chi connectivity index (χ1n) is 11.0. The van der Waals surface area contributed by atoms with Crippen LogP contribution >= 0.6 is 0 Å². The SMILES string of the molecule is COc1ccc(C2=NN=C(n3nc(C)c(-c4ccc(OC)cc4)c3N)c3ccccc3C2)cc1. The Balaban J connectivity index is 1.62. The van der Waals surface area contributed by atoms with Crippen LogP contribution in [0.1, 0.15) is 22.4 Å². The van der Waals surface area contributed by atoms with Crippen LogP contribution < -0.4 is 15.2 Å². The molecule has 2 N–H and O–H groups in total. The summed E-state index contributed by atoms with van der Waals surface area (Å²) in [6.45, 7) is 1.95. The van der Waals surface area contributed by atoms with E-state index in [0.29, 0.717) is 18.1 Å². The number of aryl methyl sites for hydroxylation is 1. The van der Waals surface area contributed by atoms with Gasteiger partial charge in [-0.3, -0.25) is 0 Å². The van der Waals surface area contributed by atoms with Crippen LogP contribution in [-0.4, -0.2) is 35.5 Å². The predicted molar refractivity (Wildman–Crippen MR) is 135 cm³/mol. The molecular formula is C27H25N5O2. The van der Waals surface area contributed by atoms with E-state index in [9.17, 15) is 0 Å². The zero-order valence-corrected chi connectivity index (χ0v) is 19.3. The first-order chi connectivity index (χ1) is 16.6. The molecule has 5 rings (SSSR count). The lowest BCUT2D eigenvalue weighted by atomic mass is 9.98. The van der Waals surface area contributed by atoms with Gasteiger partial charge in [-0.25, -0.2) is 0 Å². The minimum Gasteiger partial charge on any atom is -0.497 e.